The summed E-state index contributed by atoms with van der Waals surface area (Å²) in [5.41, 5.74) is 3.23. The zero-order valence-electron chi connectivity index (χ0n) is 12.6. The number of pyridine rings is 1. The van der Waals surface area contributed by atoms with Crippen molar-refractivity contribution in [2.45, 2.75) is 33.7 Å². The first kappa shape index (κ1) is 15.2. The summed E-state index contributed by atoms with van der Waals surface area (Å²) >= 11 is 0. The van der Waals surface area contributed by atoms with E-state index in [1.807, 2.05) is 23.8 Å². The molecule has 0 saturated carbocycles. The first-order chi connectivity index (χ1) is 9.99. The first-order valence-corrected chi connectivity index (χ1v) is 7.04. The van der Waals surface area contributed by atoms with Gasteiger partial charge in [-0.25, -0.2) is 4.39 Å². The highest BCUT2D eigenvalue weighted by atomic mass is 19.1. The van der Waals surface area contributed by atoms with Crippen molar-refractivity contribution in [3.8, 4) is 0 Å². The number of carbonyl (C=O) groups is 1. The van der Waals surface area contributed by atoms with Gasteiger partial charge < -0.3 is 5.32 Å². The van der Waals surface area contributed by atoms with Gasteiger partial charge in [-0.1, -0.05) is 13.0 Å². The van der Waals surface area contributed by atoms with E-state index in [2.05, 4.69) is 18.3 Å². The van der Waals surface area contributed by atoms with E-state index in [0.29, 0.717) is 11.3 Å². The lowest BCUT2D eigenvalue weighted by atomic mass is 10.2. The Labute approximate surface area is 124 Å². The third-order valence-electron chi connectivity index (χ3n) is 3.49. The van der Waals surface area contributed by atoms with Crippen LogP contribution in [0.4, 0.5) is 10.1 Å². The minimum atomic E-state index is -0.315. The Bertz CT molecular complexity index is 668. The molecule has 0 aliphatic heterocycles. The summed E-state index contributed by atoms with van der Waals surface area (Å²) in [6, 6.07) is 8.75. The molecule has 0 aliphatic carbocycles. The smallest absolute Gasteiger partial charge is 0.290 e. The number of aromatic nitrogens is 1. The number of aryl methyl sites for hydroxylation is 3. The van der Waals surface area contributed by atoms with Crippen LogP contribution in [0.3, 0.4) is 0 Å². The standard InChI is InChI=1S/C17H19FN2O/c1-4-14-7-6-13(3)20(10-14)11-17(21)19-15-8-5-12(2)16(18)9-15/h5-10H,4,11H2,1-3H3/p+1. The number of amides is 1. The van der Waals surface area contributed by atoms with Crippen LogP contribution in [0.2, 0.25) is 0 Å². The van der Waals surface area contributed by atoms with Crippen molar-refractivity contribution in [3.63, 3.8) is 0 Å². The number of rotatable bonds is 4. The van der Waals surface area contributed by atoms with E-state index in [1.54, 1.807) is 19.1 Å². The molecule has 0 atom stereocenters. The van der Waals surface area contributed by atoms with Crippen molar-refractivity contribution in [3.05, 3.63) is 59.2 Å². The Kier molecular flexibility index (Phi) is 4.68. The van der Waals surface area contributed by atoms with E-state index in [-0.39, 0.29) is 18.3 Å². The average molecular weight is 287 g/mol. The van der Waals surface area contributed by atoms with E-state index in [1.165, 1.54) is 11.6 Å². The molecule has 0 spiro atoms. The third-order valence-corrected chi connectivity index (χ3v) is 3.49. The van der Waals surface area contributed by atoms with Gasteiger partial charge >= 0.3 is 0 Å². The molecular formula is C17H20FN2O+. The molecule has 0 unspecified atom stereocenters. The molecule has 0 radical (unpaired) electrons. The van der Waals surface area contributed by atoms with E-state index in [0.717, 1.165) is 12.1 Å². The topological polar surface area (TPSA) is 33.0 Å². The van der Waals surface area contributed by atoms with E-state index >= 15 is 0 Å². The highest BCUT2D eigenvalue weighted by molar-refractivity contribution is 5.89. The molecule has 3 nitrogen and oxygen atoms in total. The molecule has 1 aromatic carbocycles. The van der Waals surface area contributed by atoms with Crippen molar-refractivity contribution in [2.24, 2.45) is 0 Å². The van der Waals surface area contributed by atoms with E-state index in [4.69, 9.17) is 0 Å². The second kappa shape index (κ2) is 6.48. The fraction of sp³-hybridized carbons (Fsp3) is 0.294. The molecule has 1 aromatic heterocycles. The van der Waals surface area contributed by atoms with Crippen molar-refractivity contribution < 1.29 is 13.8 Å². The highest BCUT2D eigenvalue weighted by Gasteiger charge is 2.13. The van der Waals surface area contributed by atoms with Crippen molar-refractivity contribution in [1.29, 1.82) is 0 Å². The molecule has 1 N–H and O–H groups in total. The molecule has 0 bridgehead atoms. The number of benzene rings is 1. The number of carbonyl (C=O) groups excluding carboxylic acids is 1. The lowest BCUT2D eigenvalue weighted by molar-refractivity contribution is -0.690. The fourth-order valence-corrected chi connectivity index (χ4v) is 2.07. The average Bonchev–Trinajstić information content (AvgIpc) is 2.45. The Hall–Kier alpha value is -2.23. The van der Waals surface area contributed by atoms with Crippen molar-refractivity contribution >= 4 is 11.6 Å². The molecule has 0 aliphatic rings. The molecule has 21 heavy (non-hydrogen) atoms. The van der Waals surface area contributed by atoms with E-state index in [9.17, 15) is 9.18 Å². The van der Waals surface area contributed by atoms with Crippen LogP contribution < -0.4 is 9.88 Å². The quantitative estimate of drug-likeness (QED) is 0.862. The van der Waals surface area contributed by atoms with Gasteiger partial charge in [0, 0.05) is 24.2 Å². The van der Waals surface area contributed by atoms with Crippen LogP contribution in [0.15, 0.2) is 36.5 Å². The second-order valence-corrected chi connectivity index (χ2v) is 5.17. The summed E-state index contributed by atoms with van der Waals surface area (Å²) in [5, 5.41) is 2.72. The molecule has 0 saturated heterocycles. The summed E-state index contributed by atoms with van der Waals surface area (Å²) in [6.07, 6.45) is 2.90. The van der Waals surface area contributed by atoms with Gasteiger partial charge in [-0.15, -0.1) is 0 Å². The number of anilines is 1. The van der Waals surface area contributed by atoms with Crippen LogP contribution in [0.5, 0.6) is 0 Å². The van der Waals surface area contributed by atoms with Crippen LogP contribution in [0, 0.1) is 19.7 Å². The Morgan fingerprint density at radius 1 is 1.24 bits per heavy atom. The minimum absolute atomic E-state index is 0.167. The third kappa shape index (κ3) is 3.88. The van der Waals surface area contributed by atoms with Crippen LogP contribution in [0.1, 0.15) is 23.7 Å². The van der Waals surface area contributed by atoms with Gasteiger partial charge in [0.05, 0.1) is 0 Å². The van der Waals surface area contributed by atoms with Gasteiger partial charge in [0.2, 0.25) is 6.54 Å². The second-order valence-electron chi connectivity index (χ2n) is 5.17. The molecular weight excluding hydrogens is 267 g/mol. The zero-order valence-corrected chi connectivity index (χ0v) is 12.6. The molecule has 1 heterocycles. The fourth-order valence-electron chi connectivity index (χ4n) is 2.07. The molecule has 2 aromatic rings. The summed E-state index contributed by atoms with van der Waals surface area (Å²) < 4.78 is 15.4. The zero-order chi connectivity index (χ0) is 15.4. The largest absolute Gasteiger partial charge is 0.320 e. The number of hydrogen-bond acceptors (Lipinski definition) is 1. The normalized spacial score (nSPS) is 10.5. The lowest BCUT2D eigenvalue weighted by Crippen LogP contribution is -2.43. The summed E-state index contributed by atoms with van der Waals surface area (Å²) in [4.78, 5) is 12.1. The molecule has 110 valence electrons. The van der Waals surface area contributed by atoms with Crippen LogP contribution in [-0.2, 0) is 17.8 Å². The van der Waals surface area contributed by atoms with Crippen LogP contribution >= 0.6 is 0 Å². The predicted molar refractivity (Wildman–Crippen MR) is 80.5 cm³/mol. The summed E-state index contributed by atoms with van der Waals surface area (Å²) in [5.74, 6) is -0.482. The number of hydrogen-bond donors (Lipinski definition) is 1. The SMILES string of the molecule is CCc1ccc(C)[n+](CC(=O)Nc2ccc(C)c(F)c2)c1. The van der Waals surface area contributed by atoms with Gasteiger partial charge in [0.1, 0.15) is 5.82 Å². The predicted octanol–water partition coefficient (Wildman–Crippen LogP) is 2.93. The van der Waals surface area contributed by atoms with Crippen molar-refractivity contribution in [2.75, 3.05) is 5.32 Å². The molecule has 0 fully saturated rings. The number of halogens is 1. The summed E-state index contributed by atoms with van der Waals surface area (Å²) in [7, 11) is 0. The van der Waals surface area contributed by atoms with Gasteiger partial charge in [0.15, 0.2) is 11.9 Å². The highest BCUT2D eigenvalue weighted by Crippen LogP contribution is 2.13. The number of nitrogens with one attached hydrogen (secondary N) is 1. The monoisotopic (exact) mass is 287 g/mol. The Balaban J connectivity index is 2.09. The Morgan fingerprint density at radius 2 is 2.00 bits per heavy atom. The lowest BCUT2D eigenvalue weighted by Gasteiger charge is -2.06. The van der Waals surface area contributed by atoms with Crippen LogP contribution in [0.25, 0.3) is 0 Å². The van der Waals surface area contributed by atoms with Gasteiger partial charge in [-0.2, -0.15) is 4.57 Å². The van der Waals surface area contributed by atoms with Gasteiger partial charge in [-0.3, -0.25) is 4.79 Å². The Morgan fingerprint density at radius 3 is 2.67 bits per heavy atom. The van der Waals surface area contributed by atoms with Crippen molar-refractivity contribution in [1.82, 2.24) is 0 Å². The maximum Gasteiger partial charge on any atom is 0.290 e. The van der Waals surface area contributed by atoms with E-state index < -0.39 is 0 Å². The molecule has 1 amide bonds. The summed E-state index contributed by atoms with van der Waals surface area (Å²) in [6.45, 7) is 5.94. The molecule has 2 rings (SSSR count). The first-order valence-electron chi connectivity index (χ1n) is 7.04. The maximum atomic E-state index is 13.5. The van der Waals surface area contributed by atoms with Gasteiger partial charge in [0.25, 0.3) is 5.91 Å². The van der Waals surface area contributed by atoms with Gasteiger partial charge in [-0.05, 0) is 37.1 Å². The maximum absolute atomic E-state index is 13.5. The van der Waals surface area contributed by atoms with Crippen LogP contribution in [-0.4, -0.2) is 5.91 Å². The number of nitrogens with zero attached hydrogens (tertiary/aromatic N) is 1. The molecule has 4 heteroatoms. The minimum Gasteiger partial charge on any atom is -0.320 e.